The van der Waals surface area contributed by atoms with E-state index in [0.29, 0.717) is 11.5 Å². The van der Waals surface area contributed by atoms with E-state index < -0.39 is 0 Å². The third-order valence-corrected chi connectivity index (χ3v) is 14.2. The van der Waals surface area contributed by atoms with Crippen LogP contribution in [-0.2, 0) is 43.7 Å². The molecule has 11 rings (SSSR count). The van der Waals surface area contributed by atoms with Crippen LogP contribution >= 0.6 is 0 Å². The molecule has 5 nitrogen and oxygen atoms in total. The van der Waals surface area contributed by atoms with Gasteiger partial charge in [-0.25, -0.2) is 4.98 Å². The summed E-state index contributed by atoms with van der Waals surface area (Å²) in [5, 5.41) is 2.21. The Bertz CT molecular complexity index is 3780. The molecule has 0 saturated heterocycles. The molecule has 11 aromatic rings. The van der Waals surface area contributed by atoms with Gasteiger partial charge in [-0.05, 0) is 109 Å². The van der Waals surface area contributed by atoms with Crippen molar-refractivity contribution in [3.63, 3.8) is 0 Å². The van der Waals surface area contributed by atoms with Gasteiger partial charge < -0.3 is 13.9 Å². The number of ether oxygens (including phenoxy) is 1. The molecule has 73 heavy (non-hydrogen) atoms. The number of benzene rings is 8. The monoisotopic (exact) mass is 1130 g/mol. The predicted molar refractivity (Wildman–Crippen MR) is 296 cm³/mol. The molecule has 3 aromatic heterocycles. The van der Waals surface area contributed by atoms with Gasteiger partial charge in [-0.2, -0.15) is 18.2 Å². The molecule has 0 radical (unpaired) electrons. The number of hydrogen-bond donors (Lipinski definition) is 0. The Morgan fingerprint density at radius 2 is 1.18 bits per heavy atom. The summed E-state index contributed by atoms with van der Waals surface area (Å²) in [5.41, 5.74) is 16.6. The Balaban J connectivity index is 0.00000611. The topological polar surface area (TPSA) is 35.9 Å². The fourth-order valence-electron chi connectivity index (χ4n) is 10.3. The van der Waals surface area contributed by atoms with Gasteiger partial charge in [-0.15, -0.1) is 29.7 Å². The molecule has 0 atom stereocenters. The summed E-state index contributed by atoms with van der Waals surface area (Å²) in [6.45, 7) is 20.6. The van der Waals surface area contributed by atoms with E-state index >= 15 is 0 Å². The molecule has 0 unspecified atom stereocenters. The van der Waals surface area contributed by atoms with Gasteiger partial charge in [-0.3, -0.25) is 4.57 Å². The van der Waals surface area contributed by atoms with Crippen molar-refractivity contribution in [3.8, 4) is 50.9 Å². The van der Waals surface area contributed by atoms with E-state index in [1.54, 1.807) is 0 Å². The summed E-state index contributed by atoms with van der Waals surface area (Å²) >= 11 is 0. The number of aromatic nitrogens is 4. The van der Waals surface area contributed by atoms with Crippen LogP contribution in [0.2, 0.25) is 0 Å². The fourth-order valence-corrected chi connectivity index (χ4v) is 10.3. The first kappa shape index (κ1) is 49.3. The molecule has 0 aliphatic heterocycles. The van der Waals surface area contributed by atoms with Gasteiger partial charge in [0.1, 0.15) is 5.82 Å². The average molecular weight is 1130 g/mol. The van der Waals surface area contributed by atoms with Gasteiger partial charge >= 0.3 is 0 Å². The van der Waals surface area contributed by atoms with Crippen LogP contribution in [0.5, 0.6) is 11.5 Å². The van der Waals surface area contributed by atoms with Gasteiger partial charge in [0.2, 0.25) is 0 Å². The molecule has 0 saturated carbocycles. The Hall–Kier alpha value is -7.33. The van der Waals surface area contributed by atoms with Gasteiger partial charge in [0, 0.05) is 44.3 Å². The van der Waals surface area contributed by atoms with Crippen LogP contribution in [-0.4, -0.2) is 14.1 Å². The van der Waals surface area contributed by atoms with Crippen LogP contribution in [0.15, 0.2) is 188 Å². The zero-order valence-electron chi connectivity index (χ0n) is 43.1. The van der Waals surface area contributed by atoms with E-state index in [-0.39, 0.29) is 37.3 Å². The van der Waals surface area contributed by atoms with Crippen molar-refractivity contribution in [2.75, 3.05) is 0 Å². The predicted octanol–water partition coefficient (Wildman–Crippen LogP) is 16.3. The van der Waals surface area contributed by atoms with Gasteiger partial charge in [0.05, 0.1) is 16.7 Å². The maximum atomic E-state index is 6.75. The quantitative estimate of drug-likeness (QED) is 0.101. The summed E-state index contributed by atoms with van der Waals surface area (Å²) in [4.78, 5) is 4.96. The van der Waals surface area contributed by atoms with Crippen molar-refractivity contribution in [3.05, 3.63) is 234 Å². The molecule has 8 aromatic carbocycles. The Morgan fingerprint density at radius 1 is 0.548 bits per heavy atom. The van der Waals surface area contributed by atoms with E-state index in [9.17, 15) is 0 Å². The van der Waals surface area contributed by atoms with Crippen molar-refractivity contribution in [1.29, 1.82) is 0 Å². The van der Waals surface area contributed by atoms with Crippen LogP contribution in [0.1, 0.15) is 83.2 Å². The Kier molecular flexibility index (Phi) is 13.0. The molecule has 6 heteroatoms. The van der Waals surface area contributed by atoms with Crippen molar-refractivity contribution < 1.29 is 30.4 Å². The summed E-state index contributed by atoms with van der Waals surface area (Å²) in [6.07, 6.45) is 6.68. The second-order valence-electron chi connectivity index (χ2n) is 22.0. The van der Waals surface area contributed by atoms with E-state index in [0.717, 1.165) is 78.7 Å². The zero-order chi connectivity index (χ0) is 49.9. The zero-order valence-corrected chi connectivity index (χ0v) is 45.4. The molecule has 0 bridgehead atoms. The Labute approximate surface area is 445 Å². The minimum atomic E-state index is -0.0621. The van der Waals surface area contributed by atoms with Gasteiger partial charge in [0.15, 0.2) is 0 Å². The summed E-state index contributed by atoms with van der Waals surface area (Å²) in [6, 6.07) is 72.2. The van der Waals surface area contributed by atoms with Crippen molar-refractivity contribution in [1.82, 2.24) is 14.1 Å². The fraction of sp³-hybridized carbons (Fsp3) is 0.194. The standard InChI is InChI=1S/C67H60N4O.Pt/c1-45-21-18-32-60-63(45)70(64-55(47-22-12-10-13-23-47)29-20-30-56(64)48-38-50(65(2,3)4)40-51(39-48)66(5,6)7)44-69(60)52-26-19-27-53(41-52)72-54-33-34-58-57-28-16-17-31-59(57)71(61(58)42-54)62-37-46(35-36-68-62)43-67(8,9)49-24-14-11-15-25-49;/h10-40H,43H2,1-9H3;/q-2;. The van der Waals surface area contributed by atoms with Crippen LogP contribution in [0.25, 0.3) is 72.3 Å². The van der Waals surface area contributed by atoms with Crippen LogP contribution in [0.4, 0.5) is 0 Å². The summed E-state index contributed by atoms with van der Waals surface area (Å²) < 4.78 is 13.4. The molecule has 3 heterocycles. The number of fused-ring (bicyclic) bond motifs is 4. The molecule has 0 amide bonds. The molecule has 366 valence electrons. The molecule has 0 aliphatic rings. The van der Waals surface area contributed by atoms with Crippen LogP contribution in [0, 0.1) is 25.4 Å². The first-order chi connectivity index (χ1) is 34.6. The molecule has 0 N–H and O–H groups in total. The largest absolute Gasteiger partial charge is 0.510 e. The second kappa shape index (κ2) is 19.3. The average Bonchev–Trinajstić information content (AvgIpc) is 3.93. The molecular weight excluding hydrogens is 1070 g/mol. The van der Waals surface area contributed by atoms with Crippen molar-refractivity contribution in [2.45, 2.75) is 85.0 Å². The van der Waals surface area contributed by atoms with E-state index in [4.69, 9.17) is 9.72 Å². The third kappa shape index (κ3) is 9.48. The second-order valence-corrected chi connectivity index (χ2v) is 22.0. The number of pyridine rings is 1. The minimum Gasteiger partial charge on any atom is -0.510 e. The van der Waals surface area contributed by atoms with Gasteiger partial charge in [-0.1, -0.05) is 194 Å². The van der Waals surface area contributed by atoms with E-state index in [2.05, 4.69) is 258 Å². The Morgan fingerprint density at radius 3 is 1.90 bits per heavy atom. The molecule has 0 aliphatic carbocycles. The summed E-state index contributed by atoms with van der Waals surface area (Å²) in [7, 11) is 0. The third-order valence-electron chi connectivity index (χ3n) is 14.2. The maximum absolute atomic E-state index is 6.75. The number of rotatable bonds is 10. The van der Waals surface area contributed by atoms with Crippen LogP contribution in [0.3, 0.4) is 0 Å². The smallest absolute Gasteiger partial charge is 0.268 e. The number of nitrogens with zero attached hydrogens (tertiary/aromatic N) is 4. The first-order valence-corrected chi connectivity index (χ1v) is 25.1. The van der Waals surface area contributed by atoms with E-state index in [1.165, 1.54) is 27.8 Å². The molecule has 0 fully saturated rings. The number of para-hydroxylation sites is 3. The molecule has 0 spiro atoms. The SMILES string of the molecule is Cc1cccc2c1[n+](-c1c(-c3ccccc3)cccc1-c1cc(C(C)(C)C)cc(C(C)(C)C)c1)[c-]n2-c1[c-]c(Oc2[c-]c3c(cc2)c2ccccc2n3-c2cc(CC(C)(C)c3ccccc3)ccn2)ccc1.[Pt]. The van der Waals surface area contributed by atoms with E-state index in [1.807, 2.05) is 24.4 Å². The van der Waals surface area contributed by atoms with Crippen LogP contribution < -0.4 is 9.30 Å². The maximum Gasteiger partial charge on any atom is 0.268 e. The van der Waals surface area contributed by atoms with Crippen molar-refractivity contribution >= 4 is 32.8 Å². The minimum absolute atomic E-state index is 0. The number of aryl methyl sites for hydroxylation is 1. The number of hydrogen-bond acceptors (Lipinski definition) is 2. The summed E-state index contributed by atoms with van der Waals surface area (Å²) in [5.74, 6) is 2.00. The molecular formula is C67H60N4OPt-2. The van der Waals surface area contributed by atoms with Crippen molar-refractivity contribution in [2.24, 2.45) is 0 Å². The normalized spacial score (nSPS) is 12.1. The first-order valence-electron chi connectivity index (χ1n) is 25.1. The number of imidazole rings is 1. The van der Waals surface area contributed by atoms with Gasteiger partial charge in [0.25, 0.3) is 6.33 Å².